The van der Waals surface area contributed by atoms with Gasteiger partial charge in [0.2, 0.25) is 15.9 Å². The van der Waals surface area contributed by atoms with E-state index in [1.165, 1.54) is 30.0 Å². The summed E-state index contributed by atoms with van der Waals surface area (Å²) in [7, 11) is -3.87. The summed E-state index contributed by atoms with van der Waals surface area (Å²) >= 11 is 1.17. The van der Waals surface area contributed by atoms with Crippen LogP contribution in [0.3, 0.4) is 0 Å². The molecular weight excluding hydrogens is 466 g/mol. The minimum absolute atomic E-state index is 0.0262. The lowest BCUT2D eigenvalue weighted by Crippen LogP contribution is -2.16. The van der Waals surface area contributed by atoms with Gasteiger partial charge in [-0.15, -0.1) is 0 Å². The van der Waals surface area contributed by atoms with Gasteiger partial charge >= 0.3 is 0 Å². The summed E-state index contributed by atoms with van der Waals surface area (Å²) in [6, 6.07) is 7.52. The summed E-state index contributed by atoms with van der Waals surface area (Å²) in [6.45, 7) is 6.28. The number of nitro groups is 1. The van der Waals surface area contributed by atoms with Crippen LogP contribution in [0.25, 0.3) is 11.0 Å². The Morgan fingerprint density at radius 1 is 1.24 bits per heavy atom. The molecule has 0 bridgehead atoms. The van der Waals surface area contributed by atoms with Gasteiger partial charge in [-0.25, -0.2) is 18.5 Å². The number of fused-ring (bicyclic) bond motifs is 1. The van der Waals surface area contributed by atoms with E-state index in [1.807, 2.05) is 11.5 Å². The summed E-state index contributed by atoms with van der Waals surface area (Å²) in [5.74, 6) is -0.438. The van der Waals surface area contributed by atoms with Crippen molar-refractivity contribution in [1.29, 1.82) is 0 Å². The lowest BCUT2D eigenvalue weighted by atomic mass is 10.1. The van der Waals surface area contributed by atoms with E-state index in [2.05, 4.69) is 17.2 Å². The molecule has 12 heteroatoms. The number of anilines is 1. The normalized spacial score (nSPS) is 11.6. The van der Waals surface area contributed by atoms with E-state index in [0.717, 1.165) is 29.5 Å². The monoisotopic (exact) mass is 491 g/mol. The summed E-state index contributed by atoms with van der Waals surface area (Å²) in [5.41, 5.74) is 2.77. The number of nitrogens with two attached hydrogens (primary N) is 1. The van der Waals surface area contributed by atoms with Crippen molar-refractivity contribution in [3.63, 3.8) is 0 Å². The standard InChI is InChI=1S/C21H25N5O5S2/c1-4-5-8-25-18-7-6-15(33(22,30)31)11-17(18)24-21(25)32-12-20(27)23-16-9-13(2)14(3)10-19(16)26(28)29/h6-7,9-11H,4-5,8,12H2,1-3H3,(H,23,27)(H2,22,30,31). The summed E-state index contributed by atoms with van der Waals surface area (Å²) in [5, 5.41) is 19.8. The van der Waals surface area contributed by atoms with Gasteiger partial charge in [0.15, 0.2) is 5.16 Å². The van der Waals surface area contributed by atoms with E-state index >= 15 is 0 Å². The molecule has 3 N–H and O–H groups in total. The minimum atomic E-state index is -3.87. The van der Waals surface area contributed by atoms with Gasteiger partial charge in [0.1, 0.15) is 5.69 Å². The number of unbranched alkanes of at least 4 members (excludes halogenated alkanes) is 1. The number of sulfonamides is 1. The third kappa shape index (κ3) is 5.70. The molecule has 1 aromatic heterocycles. The highest BCUT2D eigenvalue weighted by Gasteiger charge is 2.19. The van der Waals surface area contributed by atoms with Crippen LogP contribution in [-0.4, -0.2) is 34.6 Å². The van der Waals surface area contributed by atoms with Gasteiger partial charge in [-0.1, -0.05) is 25.1 Å². The fourth-order valence-corrected chi connectivity index (χ4v) is 4.65. The first-order valence-corrected chi connectivity index (χ1v) is 12.8. The van der Waals surface area contributed by atoms with Crippen LogP contribution in [0.1, 0.15) is 30.9 Å². The van der Waals surface area contributed by atoms with Gasteiger partial charge in [-0.05, 0) is 55.7 Å². The maximum absolute atomic E-state index is 12.6. The number of amides is 1. The molecule has 10 nitrogen and oxygen atoms in total. The number of hydrogen-bond acceptors (Lipinski definition) is 7. The quantitative estimate of drug-likeness (QED) is 0.263. The second kappa shape index (κ2) is 9.89. The number of nitrogens with one attached hydrogen (secondary N) is 1. The van der Waals surface area contributed by atoms with Gasteiger partial charge in [0.05, 0.1) is 26.6 Å². The molecule has 0 atom stereocenters. The van der Waals surface area contributed by atoms with E-state index in [0.29, 0.717) is 17.2 Å². The van der Waals surface area contributed by atoms with E-state index in [4.69, 9.17) is 5.14 Å². The van der Waals surface area contributed by atoms with Crippen LogP contribution in [0.4, 0.5) is 11.4 Å². The van der Waals surface area contributed by atoms with Crippen molar-refractivity contribution in [2.24, 2.45) is 5.14 Å². The third-order valence-electron chi connectivity index (χ3n) is 5.16. The first kappa shape index (κ1) is 24.7. The van der Waals surface area contributed by atoms with Crippen molar-refractivity contribution < 1.29 is 18.1 Å². The molecule has 176 valence electrons. The molecule has 1 amide bonds. The Morgan fingerprint density at radius 3 is 2.58 bits per heavy atom. The predicted octanol–water partition coefficient (Wildman–Crippen LogP) is 3.74. The highest BCUT2D eigenvalue weighted by atomic mass is 32.2. The minimum Gasteiger partial charge on any atom is -0.320 e. The molecule has 0 saturated carbocycles. The van der Waals surface area contributed by atoms with Crippen LogP contribution >= 0.6 is 11.8 Å². The number of benzene rings is 2. The zero-order valence-electron chi connectivity index (χ0n) is 18.5. The predicted molar refractivity (Wildman–Crippen MR) is 128 cm³/mol. The van der Waals surface area contributed by atoms with Gasteiger partial charge in [-0.3, -0.25) is 14.9 Å². The van der Waals surface area contributed by atoms with Gasteiger partial charge in [-0.2, -0.15) is 0 Å². The Morgan fingerprint density at radius 2 is 1.94 bits per heavy atom. The number of carbonyl (C=O) groups is 1. The average molecular weight is 492 g/mol. The maximum Gasteiger partial charge on any atom is 0.293 e. The van der Waals surface area contributed by atoms with E-state index < -0.39 is 20.9 Å². The second-order valence-corrected chi connectivity index (χ2v) is 10.1. The number of aryl methyl sites for hydroxylation is 3. The van der Waals surface area contributed by atoms with Gasteiger partial charge < -0.3 is 9.88 Å². The molecule has 3 aromatic rings. The average Bonchev–Trinajstić information content (AvgIpc) is 3.09. The molecular formula is C21H25N5O5S2. The van der Waals surface area contributed by atoms with Crippen molar-refractivity contribution in [3.8, 4) is 0 Å². The molecule has 0 aliphatic carbocycles. The zero-order chi connectivity index (χ0) is 24.3. The Kier molecular flexibility index (Phi) is 7.40. The highest BCUT2D eigenvalue weighted by molar-refractivity contribution is 7.99. The number of carbonyl (C=O) groups excluding carboxylic acids is 1. The summed E-state index contributed by atoms with van der Waals surface area (Å²) < 4.78 is 25.3. The zero-order valence-corrected chi connectivity index (χ0v) is 20.1. The number of primary sulfonamides is 1. The largest absolute Gasteiger partial charge is 0.320 e. The van der Waals surface area contributed by atoms with E-state index in [9.17, 15) is 23.3 Å². The second-order valence-electron chi connectivity index (χ2n) is 7.64. The lowest BCUT2D eigenvalue weighted by molar-refractivity contribution is -0.384. The van der Waals surface area contributed by atoms with Crippen molar-refractivity contribution in [2.45, 2.75) is 50.2 Å². The summed E-state index contributed by atoms with van der Waals surface area (Å²) in [6.07, 6.45) is 1.81. The van der Waals surface area contributed by atoms with E-state index in [-0.39, 0.29) is 22.0 Å². The fourth-order valence-electron chi connectivity index (χ4n) is 3.28. The van der Waals surface area contributed by atoms with Crippen LogP contribution in [0.5, 0.6) is 0 Å². The SMILES string of the molecule is CCCCn1c(SCC(=O)Nc2cc(C)c(C)cc2[N+](=O)[O-])nc2cc(S(N)(=O)=O)ccc21. The number of thioether (sulfide) groups is 1. The highest BCUT2D eigenvalue weighted by Crippen LogP contribution is 2.29. The Labute approximate surface area is 195 Å². The maximum atomic E-state index is 12.6. The molecule has 0 radical (unpaired) electrons. The topological polar surface area (TPSA) is 150 Å². The van der Waals surface area contributed by atoms with Crippen LogP contribution in [0.15, 0.2) is 40.4 Å². The van der Waals surface area contributed by atoms with Crippen molar-refractivity contribution in [2.75, 3.05) is 11.1 Å². The van der Waals surface area contributed by atoms with Crippen LogP contribution in [0.2, 0.25) is 0 Å². The lowest BCUT2D eigenvalue weighted by Gasteiger charge is -2.10. The fraction of sp³-hybridized carbons (Fsp3) is 0.333. The molecule has 0 fully saturated rings. The number of nitro benzene ring substituents is 1. The van der Waals surface area contributed by atoms with Crippen molar-refractivity contribution in [1.82, 2.24) is 9.55 Å². The van der Waals surface area contributed by atoms with Crippen molar-refractivity contribution >= 4 is 50.1 Å². The molecule has 2 aromatic carbocycles. The molecule has 1 heterocycles. The van der Waals surface area contributed by atoms with Crippen molar-refractivity contribution in [3.05, 3.63) is 51.6 Å². The molecule has 0 spiro atoms. The first-order chi connectivity index (χ1) is 15.5. The molecule has 3 rings (SSSR count). The van der Waals surface area contributed by atoms with E-state index in [1.54, 1.807) is 19.1 Å². The van der Waals surface area contributed by atoms with Crippen LogP contribution in [-0.2, 0) is 21.4 Å². The third-order valence-corrected chi connectivity index (χ3v) is 7.05. The summed E-state index contributed by atoms with van der Waals surface area (Å²) in [4.78, 5) is 27.9. The van der Waals surface area contributed by atoms with Gasteiger partial charge in [0, 0.05) is 12.6 Å². The Bertz CT molecular complexity index is 1330. The van der Waals surface area contributed by atoms with Crippen LogP contribution in [0, 0.1) is 24.0 Å². The smallest absolute Gasteiger partial charge is 0.293 e. The Balaban J connectivity index is 1.85. The number of nitrogens with zero attached hydrogens (tertiary/aromatic N) is 3. The molecule has 0 aliphatic rings. The first-order valence-electron chi connectivity index (χ1n) is 10.2. The molecule has 33 heavy (non-hydrogen) atoms. The Hall–Kier alpha value is -2.96. The molecule has 0 unspecified atom stereocenters. The number of aromatic nitrogens is 2. The molecule has 0 saturated heterocycles. The van der Waals surface area contributed by atoms with Gasteiger partial charge in [0.25, 0.3) is 5.69 Å². The molecule has 0 aliphatic heterocycles. The van der Waals surface area contributed by atoms with Crippen LogP contribution < -0.4 is 10.5 Å². The number of imidazole rings is 1. The number of hydrogen-bond donors (Lipinski definition) is 2. The number of rotatable bonds is 9.